The van der Waals surface area contributed by atoms with Gasteiger partial charge in [-0.2, -0.15) is 0 Å². The molecular formula is C24H26N4O4. The molecule has 1 aliphatic carbocycles. The smallest absolute Gasteiger partial charge is 0.325 e. The molecule has 0 saturated carbocycles. The lowest BCUT2D eigenvalue weighted by molar-refractivity contribution is -0.139. The van der Waals surface area contributed by atoms with Crippen molar-refractivity contribution in [3.05, 3.63) is 65.2 Å². The minimum absolute atomic E-state index is 0.186. The minimum atomic E-state index is -1.10. The van der Waals surface area contributed by atoms with Crippen molar-refractivity contribution in [2.24, 2.45) is 0 Å². The molecule has 2 N–H and O–H groups in total. The molecule has 0 aromatic heterocycles. The number of anilines is 1. The van der Waals surface area contributed by atoms with Gasteiger partial charge in [-0.25, -0.2) is 4.79 Å². The number of imide groups is 1. The van der Waals surface area contributed by atoms with Crippen LogP contribution in [0.2, 0.25) is 0 Å². The first-order valence-corrected chi connectivity index (χ1v) is 10.7. The third kappa shape index (κ3) is 3.72. The number of likely N-dealkylation sites (N-methyl/N-ethyl adjacent to an activating group) is 1. The maximum atomic E-state index is 13.2. The summed E-state index contributed by atoms with van der Waals surface area (Å²) < 4.78 is 0. The molecule has 4 rings (SSSR count). The van der Waals surface area contributed by atoms with Crippen LogP contribution in [0.25, 0.3) is 0 Å². The number of hydrogen-bond donors (Lipinski definition) is 2. The average molecular weight is 434 g/mol. The molecule has 1 saturated heterocycles. The van der Waals surface area contributed by atoms with Crippen LogP contribution in [0, 0.1) is 0 Å². The molecule has 0 unspecified atom stereocenters. The summed E-state index contributed by atoms with van der Waals surface area (Å²) in [5, 5.41) is 5.62. The van der Waals surface area contributed by atoms with Crippen molar-refractivity contribution in [3.8, 4) is 0 Å². The molecule has 8 heteroatoms. The molecule has 2 aromatic rings. The maximum absolute atomic E-state index is 13.2. The first kappa shape index (κ1) is 21.5. The third-order valence-corrected chi connectivity index (χ3v) is 6.19. The van der Waals surface area contributed by atoms with E-state index in [9.17, 15) is 19.2 Å². The van der Waals surface area contributed by atoms with Gasteiger partial charge in [0.15, 0.2) is 0 Å². The van der Waals surface area contributed by atoms with Gasteiger partial charge >= 0.3 is 6.03 Å². The summed E-state index contributed by atoms with van der Waals surface area (Å²) in [5.41, 5.74) is 2.41. The van der Waals surface area contributed by atoms with Crippen molar-refractivity contribution in [1.82, 2.24) is 15.1 Å². The molecule has 166 valence electrons. The van der Waals surface area contributed by atoms with E-state index in [0.29, 0.717) is 18.5 Å². The fraction of sp³-hybridized carbons (Fsp3) is 0.333. The van der Waals surface area contributed by atoms with E-state index < -0.39 is 29.9 Å². The summed E-state index contributed by atoms with van der Waals surface area (Å²) in [6.45, 7) is 1.40. The number of para-hydroxylation sites is 1. The van der Waals surface area contributed by atoms with Gasteiger partial charge in [0.25, 0.3) is 5.91 Å². The van der Waals surface area contributed by atoms with Gasteiger partial charge in [0.05, 0.1) is 6.54 Å². The van der Waals surface area contributed by atoms with E-state index in [1.54, 1.807) is 0 Å². The Bertz CT molecular complexity index is 1100. The van der Waals surface area contributed by atoms with Crippen molar-refractivity contribution in [3.63, 3.8) is 0 Å². The number of carbonyl (C=O) groups is 4. The van der Waals surface area contributed by atoms with Crippen LogP contribution in [-0.2, 0) is 32.8 Å². The number of nitrogens with zero attached hydrogens (tertiary/aromatic N) is 2. The maximum Gasteiger partial charge on any atom is 0.325 e. The van der Waals surface area contributed by atoms with E-state index in [0.717, 1.165) is 28.0 Å². The van der Waals surface area contributed by atoms with Crippen LogP contribution in [0.1, 0.15) is 30.0 Å². The Balaban J connectivity index is 1.40. The number of hydrogen-bond acceptors (Lipinski definition) is 4. The second-order valence-electron chi connectivity index (χ2n) is 8.19. The molecule has 0 radical (unpaired) electrons. The number of amides is 5. The number of carbonyl (C=O) groups excluding carboxylic acids is 4. The van der Waals surface area contributed by atoms with Gasteiger partial charge in [-0.05, 0) is 42.0 Å². The summed E-state index contributed by atoms with van der Waals surface area (Å²) in [4.78, 5) is 53.1. The zero-order valence-electron chi connectivity index (χ0n) is 18.2. The van der Waals surface area contributed by atoms with Gasteiger partial charge < -0.3 is 15.5 Å². The Hall–Kier alpha value is -3.68. The van der Waals surface area contributed by atoms with Crippen LogP contribution in [0.5, 0.6) is 0 Å². The predicted molar refractivity (Wildman–Crippen MR) is 119 cm³/mol. The number of aryl methyl sites for hydroxylation is 2. The average Bonchev–Trinajstić information content (AvgIpc) is 3.27. The van der Waals surface area contributed by atoms with E-state index >= 15 is 0 Å². The van der Waals surface area contributed by atoms with Crippen molar-refractivity contribution in [1.29, 1.82) is 0 Å². The van der Waals surface area contributed by atoms with E-state index in [1.165, 1.54) is 11.9 Å². The first-order chi connectivity index (χ1) is 15.4. The summed E-state index contributed by atoms with van der Waals surface area (Å²) >= 11 is 0. The van der Waals surface area contributed by atoms with E-state index in [-0.39, 0.29) is 12.5 Å². The minimum Gasteiger partial charge on any atom is -0.335 e. The predicted octanol–water partition coefficient (Wildman–Crippen LogP) is 2.04. The standard InChI is InChI=1S/C24H26N4O4/c1-3-16-8-5-7-11-19(16)25-20(29)14-27(2)21(30)15-28-22(31)24(26-23(28)32)13-12-17-9-4-6-10-18(17)24/h4-11H,3,12-15H2,1-2H3,(H,25,29)(H,26,32)/t24-/m1/s1. The summed E-state index contributed by atoms with van der Waals surface area (Å²) in [6, 6.07) is 14.4. The fourth-order valence-electron chi connectivity index (χ4n) is 4.43. The summed E-state index contributed by atoms with van der Waals surface area (Å²) in [7, 11) is 1.48. The van der Waals surface area contributed by atoms with Gasteiger partial charge in [-0.1, -0.05) is 49.4 Å². The number of fused-ring (bicyclic) bond motifs is 2. The normalized spacial score (nSPS) is 19.1. The lowest BCUT2D eigenvalue weighted by Gasteiger charge is -2.23. The lowest BCUT2D eigenvalue weighted by atomic mass is 9.92. The first-order valence-electron chi connectivity index (χ1n) is 10.7. The van der Waals surface area contributed by atoms with Crippen LogP contribution < -0.4 is 10.6 Å². The van der Waals surface area contributed by atoms with E-state index in [4.69, 9.17) is 0 Å². The Labute approximate surface area is 186 Å². The van der Waals surface area contributed by atoms with Gasteiger partial charge in [0.1, 0.15) is 12.1 Å². The van der Waals surface area contributed by atoms with Crippen LogP contribution in [0.4, 0.5) is 10.5 Å². The van der Waals surface area contributed by atoms with Gasteiger partial charge in [-0.15, -0.1) is 0 Å². The van der Waals surface area contributed by atoms with Crippen LogP contribution >= 0.6 is 0 Å². The molecule has 1 spiro atoms. The third-order valence-electron chi connectivity index (χ3n) is 6.19. The Morgan fingerprint density at radius 2 is 1.84 bits per heavy atom. The van der Waals surface area contributed by atoms with Crippen LogP contribution in [0.3, 0.4) is 0 Å². The Morgan fingerprint density at radius 1 is 1.12 bits per heavy atom. The second kappa shape index (κ2) is 8.45. The van der Waals surface area contributed by atoms with Crippen molar-refractivity contribution in [2.75, 3.05) is 25.5 Å². The highest BCUT2D eigenvalue weighted by Gasteiger charge is 2.55. The Kier molecular flexibility index (Phi) is 5.69. The van der Waals surface area contributed by atoms with Crippen molar-refractivity contribution >= 4 is 29.4 Å². The SMILES string of the molecule is CCc1ccccc1NC(=O)CN(C)C(=O)CN1C(=O)N[C@@]2(CCc3ccccc32)C1=O. The van der Waals surface area contributed by atoms with Crippen LogP contribution in [0.15, 0.2) is 48.5 Å². The van der Waals surface area contributed by atoms with Crippen molar-refractivity contribution < 1.29 is 19.2 Å². The molecule has 5 amide bonds. The molecule has 32 heavy (non-hydrogen) atoms. The fourth-order valence-corrected chi connectivity index (χ4v) is 4.43. The lowest BCUT2D eigenvalue weighted by Crippen LogP contribution is -2.45. The molecule has 1 atom stereocenters. The van der Waals surface area contributed by atoms with E-state index in [2.05, 4.69) is 10.6 Å². The zero-order chi connectivity index (χ0) is 22.9. The quantitative estimate of drug-likeness (QED) is 0.680. The number of nitrogens with one attached hydrogen (secondary N) is 2. The molecule has 1 aliphatic heterocycles. The highest BCUT2D eigenvalue weighted by atomic mass is 16.2. The molecule has 1 heterocycles. The Morgan fingerprint density at radius 3 is 2.62 bits per heavy atom. The molecule has 1 fully saturated rings. The molecule has 0 bridgehead atoms. The summed E-state index contributed by atoms with van der Waals surface area (Å²) in [5.74, 6) is -1.26. The van der Waals surface area contributed by atoms with Gasteiger partial charge in [-0.3, -0.25) is 19.3 Å². The van der Waals surface area contributed by atoms with Crippen LogP contribution in [-0.4, -0.2) is 53.7 Å². The number of urea groups is 1. The molecular weight excluding hydrogens is 408 g/mol. The largest absolute Gasteiger partial charge is 0.335 e. The second-order valence-corrected chi connectivity index (χ2v) is 8.19. The number of benzene rings is 2. The topological polar surface area (TPSA) is 98.8 Å². The van der Waals surface area contributed by atoms with Gasteiger partial charge in [0, 0.05) is 12.7 Å². The monoisotopic (exact) mass is 434 g/mol. The molecule has 2 aliphatic rings. The van der Waals surface area contributed by atoms with E-state index in [1.807, 2.05) is 55.5 Å². The molecule has 2 aromatic carbocycles. The number of rotatable bonds is 6. The molecule has 8 nitrogen and oxygen atoms in total. The van der Waals surface area contributed by atoms with Gasteiger partial charge in [0.2, 0.25) is 11.8 Å². The zero-order valence-corrected chi connectivity index (χ0v) is 18.2. The van der Waals surface area contributed by atoms with Crippen molar-refractivity contribution in [2.45, 2.75) is 31.7 Å². The highest BCUT2D eigenvalue weighted by molar-refractivity contribution is 6.10. The highest BCUT2D eigenvalue weighted by Crippen LogP contribution is 2.41. The summed E-state index contributed by atoms with van der Waals surface area (Å²) in [6.07, 6.45) is 1.92.